The number of hydrogen-bond acceptors (Lipinski definition) is 2. The van der Waals surface area contributed by atoms with E-state index in [-0.39, 0.29) is 12.4 Å². The van der Waals surface area contributed by atoms with E-state index < -0.39 is 0 Å². The van der Waals surface area contributed by atoms with E-state index in [1.54, 1.807) is 6.07 Å². The molecule has 0 unspecified atom stereocenters. The molecule has 0 aliphatic rings. The molecule has 0 bridgehead atoms. The standard InChI is InChI=1S/C10H11BrO2/c11-9-5-2-1-4-8(9)10(13)6-3-7-12/h1-2,4-5,12H,3,6-7H2. The Balaban J connectivity index is 2.71. The Labute approximate surface area is 85.7 Å². The number of hydrogen-bond donors (Lipinski definition) is 1. The number of carbonyl (C=O) groups is 1. The Morgan fingerprint density at radius 3 is 2.69 bits per heavy atom. The van der Waals surface area contributed by atoms with Crippen molar-refractivity contribution in [2.24, 2.45) is 0 Å². The summed E-state index contributed by atoms with van der Waals surface area (Å²) < 4.78 is 0.818. The van der Waals surface area contributed by atoms with Gasteiger partial charge in [0.15, 0.2) is 5.78 Å². The average molecular weight is 243 g/mol. The fraction of sp³-hybridized carbons (Fsp3) is 0.300. The summed E-state index contributed by atoms with van der Waals surface area (Å²) >= 11 is 3.31. The van der Waals surface area contributed by atoms with Crippen LogP contribution in [0.5, 0.6) is 0 Å². The Morgan fingerprint density at radius 2 is 2.08 bits per heavy atom. The van der Waals surface area contributed by atoms with Crippen LogP contribution in [0.2, 0.25) is 0 Å². The highest BCUT2D eigenvalue weighted by Crippen LogP contribution is 2.17. The van der Waals surface area contributed by atoms with Gasteiger partial charge in [-0.3, -0.25) is 4.79 Å². The highest BCUT2D eigenvalue weighted by Gasteiger charge is 2.07. The van der Waals surface area contributed by atoms with Crippen molar-refractivity contribution in [3.8, 4) is 0 Å². The van der Waals surface area contributed by atoms with Crippen molar-refractivity contribution in [1.29, 1.82) is 0 Å². The number of aliphatic hydroxyl groups is 1. The average Bonchev–Trinajstić information content (AvgIpc) is 2.15. The number of rotatable bonds is 4. The fourth-order valence-electron chi connectivity index (χ4n) is 1.06. The lowest BCUT2D eigenvalue weighted by Crippen LogP contribution is -2.00. The van der Waals surface area contributed by atoms with Gasteiger partial charge in [-0.2, -0.15) is 0 Å². The van der Waals surface area contributed by atoms with Gasteiger partial charge in [0.25, 0.3) is 0 Å². The number of aliphatic hydroxyl groups excluding tert-OH is 1. The van der Waals surface area contributed by atoms with Crippen LogP contribution in [0, 0.1) is 0 Å². The van der Waals surface area contributed by atoms with E-state index >= 15 is 0 Å². The van der Waals surface area contributed by atoms with Gasteiger partial charge in [-0.15, -0.1) is 0 Å². The van der Waals surface area contributed by atoms with Gasteiger partial charge >= 0.3 is 0 Å². The topological polar surface area (TPSA) is 37.3 Å². The fourth-order valence-corrected chi connectivity index (χ4v) is 1.57. The number of ketones is 1. The number of halogens is 1. The minimum atomic E-state index is 0.0657. The van der Waals surface area contributed by atoms with Gasteiger partial charge in [0.1, 0.15) is 0 Å². The van der Waals surface area contributed by atoms with Crippen LogP contribution in [0.25, 0.3) is 0 Å². The second-order valence-electron chi connectivity index (χ2n) is 2.73. The molecule has 0 aliphatic carbocycles. The van der Waals surface area contributed by atoms with Gasteiger partial charge in [0.05, 0.1) is 0 Å². The van der Waals surface area contributed by atoms with Gasteiger partial charge in [-0.05, 0) is 12.5 Å². The quantitative estimate of drug-likeness (QED) is 0.824. The number of benzene rings is 1. The van der Waals surface area contributed by atoms with Crippen LogP contribution in [0.1, 0.15) is 23.2 Å². The molecular formula is C10H11BrO2. The summed E-state index contributed by atoms with van der Waals surface area (Å²) in [7, 11) is 0. The molecule has 0 radical (unpaired) electrons. The van der Waals surface area contributed by atoms with Crippen LogP contribution in [-0.4, -0.2) is 17.5 Å². The largest absolute Gasteiger partial charge is 0.396 e. The van der Waals surface area contributed by atoms with Crippen LogP contribution >= 0.6 is 15.9 Å². The molecule has 13 heavy (non-hydrogen) atoms. The van der Waals surface area contributed by atoms with Crippen LogP contribution in [-0.2, 0) is 0 Å². The molecule has 0 saturated heterocycles. The molecule has 1 N–H and O–H groups in total. The van der Waals surface area contributed by atoms with Gasteiger partial charge in [0.2, 0.25) is 0 Å². The number of Topliss-reactive ketones (excluding diaryl/α,β-unsaturated/α-hetero) is 1. The van der Waals surface area contributed by atoms with Crippen molar-refractivity contribution in [2.75, 3.05) is 6.61 Å². The lowest BCUT2D eigenvalue weighted by molar-refractivity contribution is 0.0970. The summed E-state index contributed by atoms with van der Waals surface area (Å²) in [5.41, 5.74) is 0.691. The van der Waals surface area contributed by atoms with E-state index in [1.807, 2.05) is 18.2 Å². The predicted molar refractivity (Wildman–Crippen MR) is 54.8 cm³/mol. The second kappa shape index (κ2) is 5.14. The predicted octanol–water partition coefficient (Wildman–Crippen LogP) is 2.40. The molecule has 0 atom stereocenters. The molecule has 0 spiro atoms. The highest BCUT2D eigenvalue weighted by atomic mass is 79.9. The summed E-state index contributed by atoms with van der Waals surface area (Å²) in [4.78, 5) is 11.5. The van der Waals surface area contributed by atoms with Gasteiger partial charge in [-0.1, -0.05) is 34.1 Å². The summed E-state index contributed by atoms with van der Waals surface area (Å²) in [5.74, 6) is 0.0709. The Bertz CT molecular complexity index is 297. The van der Waals surface area contributed by atoms with Crippen LogP contribution in [0.3, 0.4) is 0 Å². The third-order valence-electron chi connectivity index (χ3n) is 1.74. The molecule has 1 aromatic carbocycles. The van der Waals surface area contributed by atoms with E-state index in [0.717, 1.165) is 4.47 Å². The molecule has 0 heterocycles. The first-order valence-corrected chi connectivity index (χ1v) is 4.93. The minimum absolute atomic E-state index is 0.0657. The molecule has 0 aromatic heterocycles. The Kier molecular flexibility index (Phi) is 4.12. The Hall–Kier alpha value is -0.670. The van der Waals surface area contributed by atoms with E-state index in [9.17, 15) is 4.79 Å². The Morgan fingerprint density at radius 1 is 1.38 bits per heavy atom. The maximum atomic E-state index is 11.5. The normalized spacial score (nSPS) is 10.0. The molecule has 3 heteroatoms. The summed E-state index contributed by atoms with van der Waals surface area (Å²) in [6.45, 7) is 0.0657. The van der Waals surface area contributed by atoms with Crippen molar-refractivity contribution in [1.82, 2.24) is 0 Å². The van der Waals surface area contributed by atoms with Gasteiger partial charge < -0.3 is 5.11 Å². The zero-order valence-electron chi connectivity index (χ0n) is 7.16. The summed E-state index contributed by atoms with van der Waals surface area (Å²) in [6.07, 6.45) is 0.930. The smallest absolute Gasteiger partial charge is 0.164 e. The summed E-state index contributed by atoms with van der Waals surface area (Å²) in [6, 6.07) is 7.32. The maximum Gasteiger partial charge on any atom is 0.164 e. The van der Waals surface area contributed by atoms with E-state index in [0.29, 0.717) is 18.4 Å². The first kappa shape index (κ1) is 10.4. The lowest BCUT2D eigenvalue weighted by Gasteiger charge is -2.01. The molecule has 0 saturated carbocycles. The van der Waals surface area contributed by atoms with Crippen molar-refractivity contribution >= 4 is 21.7 Å². The molecule has 2 nitrogen and oxygen atoms in total. The maximum absolute atomic E-state index is 11.5. The number of carbonyl (C=O) groups excluding carboxylic acids is 1. The van der Waals surface area contributed by atoms with Gasteiger partial charge in [-0.25, -0.2) is 0 Å². The van der Waals surface area contributed by atoms with Crippen molar-refractivity contribution in [3.63, 3.8) is 0 Å². The van der Waals surface area contributed by atoms with Crippen LogP contribution < -0.4 is 0 Å². The van der Waals surface area contributed by atoms with Crippen LogP contribution in [0.15, 0.2) is 28.7 Å². The zero-order valence-corrected chi connectivity index (χ0v) is 8.75. The first-order valence-electron chi connectivity index (χ1n) is 4.14. The van der Waals surface area contributed by atoms with Crippen molar-refractivity contribution in [2.45, 2.75) is 12.8 Å². The first-order chi connectivity index (χ1) is 6.25. The zero-order chi connectivity index (χ0) is 9.68. The molecule has 0 amide bonds. The molecule has 1 rings (SSSR count). The minimum Gasteiger partial charge on any atom is -0.396 e. The molecular weight excluding hydrogens is 232 g/mol. The third-order valence-corrected chi connectivity index (χ3v) is 2.43. The van der Waals surface area contributed by atoms with Crippen molar-refractivity contribution in [3.05, 3.63) is 34.3 Å². The summed E-state index contributed by atoms with van der Waals surface area (Å²) in [5, 5.41) is 8.57. The van der Waals surface area contributed by atoms with E-state index in [4.69, 9.17) is 5.11 Å². The van der Waals surface area contributed by atoms with E-state index in [1.165, 1.54) is 0 Å². The lowest BCUT2D eigenvalue weighted by atomic mass is 10.1. The molecule has 0 aliphatic heterocycles. The SMILES string of the molecule is O=C(CCCO)c1ccccc1Br. The monoisotopic (exact) mass is 242 g/mol. The van der Waals surface area contributed by atoms with E-state index in [2.05, 4.69) is 15.9 Å². The van der Waals surface area contributed by atoms with Crippen molar-refractivity contribution < 1.29 is 9.90 Å². The second-order valence-corrected chi connectivity index (χ2v) is 3.58. The highest BCUT2D eigenvalue weighted by molar-refractivity contribution is 9.10. The molecule has 0 fully saturated rings. The molecule has 70 valence electrons. The van der Waals surface area contributed by atoms with Crippen LogP contribution in [0.4, 0.5) is 0 Å². The van der Waals surface area contributed by atoms with Gasteiger partial charge in [0, 0.05) is 23.1 Å². The third kappa shape index (κ3) is 2.94. The molecule has 1 aromatic rings.